The molecule has 2 rings (SSSR count). The van der Waals surface area contributed by atoms with Crippen LogP contribution in [0.2, 0.25) is 0 Å². The lowest BCUT2D eigenvalue weighted by Gasteiger charge is -2.14. The standard InChI is InChI=1S/C18H22/c1-4-15-9-5-6-10-16(15)13-17-11-7-8-12-18(17)14(2)3/h5-12,14H,4,13H2,1-3H3. The maximum absolute atomic E-state index is 2.27. The van der Waals surface area contributed by atoms with Gasteiger partial charge >= 0.3 is 0 Å². The lowest BCUT2D eigenvalue weighted by molar-refractivity contribution is 0.847. The number of benzene rings is 2. The number of rotatable bonds is 4. The average Bonchev–Trinajstić information content (AvgIpc) is 2.40. The van der Waals surface area contributed by atoms with Gasteiger partial charge in [0.2, 0.25) is 0 Å². The Kier molecular flexibility index (Phi) is 4.19. The zero-order chi connectivity index (χ0) is 13.0. The highest BCUT2D eigenvalue weighted by atomic mass is 14.1. The molecular formula is C18H22. The van der Waals surface area contributed by atoms with Crippen LogP contribution in [0.3, 0.4) is 0 Å². The van der Waals surface area contributed by atoms with E-state index in [-0.39, 0.29) is 0 Å². The Morgan fingerprint density at radius 1 is 0.778 bits per heavy atom. The molecule has 0 atom stereocenters. The summed E-state index contributed by atoms with van der Waals surface area (Å²) in [5.41, 5.74) is 5.88. The van der Waals surface area contributed by atoms with Crippen molar-refractivity contribution in [3.63, 3.8) is 0 Å². The van der Waals surface area contributed by atoms with Gasteiger partial charge in [0.15, 0.2) is 0 Å². The van der Waals surface area contributed by atoms with Gasteiger partial charge in [-0.2, -0.15) is 0 Å². The number of aryl methyl sites for hydroxylation is 1. The average molecular weight is 238 g/mol. The van der Waals surface area contributed by atoms with Crippen LogP contribution in [0.5, 0.6) is 0 Å². The topological polar surface area (TPSA) is 0 Å². The number of hydrogen-bond donors (Lipinski definition) is 0. The maximum Gasteiger partial charge on any atom is -0.00202 e. The molecule has 0 N–H and O–H groups in total. The molecule has 0 nitrogen and oxygen atoms in total. The molecule has 0 saturated carbocycles. The van der Waals surface area contributed by atoms with E-state index in [1.807, 2.05) is 0 Å². The number of hydrogen-bond acceptors (Lipinski definition) is 0. The van der Waals surface area contributed by atoms with Crippen molar-refractivity contribution in [3.8, 4) is 0 Å². The fraction of sp³-hybridized carbons (Fsp3) is 0.333. The van der Waals surface area contributed by atoms with Crippen LogP contribution in [0.25, 0.3) is 0 Å². The van der Waals surface area contributed by atoms with Crippen LogP contribution in [-0.2, 0) is 12.8 Å². The Hall–Kier alpha value is -1.56. The van der Waals surface area contributed by atoms with Gasteiger partial charge in [0.25, 0.3) is 0 Å². The van der Waals surface area contributed by atoms with Gasteiger partial charge in [-0.3, -0.25) is 0 Å². The van der Waals surface area contributed by atoms with E-state index in [1.165, 1.54) is 22.3 Å². The molecule has 0 spiro atoms. The van der Waals surface area contributed by atoms with Crippen LogP contribution in [0.1, 0.15) is 48.9 Å². The first-order chi connectivity index (χ1) is 8.72. The van der Waals surface area contributed by atoms with Crippen molar-refractivity contribution in [2.75, 3.05) is 0 Å². The summed E-state index contributed by atoms with van der Waals surface area (Å²) in [4.78, 5) is 0. The third-order valence-corrected chi connectivity index (χ3v) is 3.56. The largest absolute Gasteiger partial charge is 0.0620 e. The van der Waals surface area contributed by atoms with E-state index < -0.39 is 0 Å². The van der Waals surface area contributed by atoms with Gasteiger partial charge in [-0.25, -0.2) is 0 Å². The molecular weight excluding hydrogens is 216 g/mol. The van der Waals surface area contributed by atoms with Crippen LogP contribution >= 0.6 is 0 Å². The maximum atomic E-state index is 2.27. The molecule has 0 aliphatic carbocycles. The normalized spacial score (nSPS) is 10.9. The quantitative estimate of drug-likeness (QED) is 0.706. The molecule has 0 heteroatoms. The predicted molar refractivity (Wildman–Crippen MR) is 79.2 cm³/mol. The zero-order valence-corrected chi connectivity index (χ0v) is 11.6. The zero-order valence-electron chi connectivity index (χ0n) is 11.6. The van der Waals surface area contributed by atoms with Crippen LogP contribution in [0.15, 0.2) is 48.5 Å². The summed E-state index contributed by atoms with van der Waals surface area (Å²) in [6, 6.07) is 17.6. The van der Waals surface area contributed by atoms with E-state index in [9.17, 15) is 0 Å². The van der Waals surface area contributed by atoms with E-state index >= 15 is 0 Å². The van der Waals surface area contributed by atoms with E-state index in [1.54, 1.807) is 0 Å². The fourth-order valence-electron chi connectivity index (χ4n) is 2.54. The summed E-state index contributed by atoms with van der Waals surface area (Å²) in [5.74, 6) is 0.593. The Morgan fingerprint density at radius 3 is 1.94 bits per heavy atom. The van der Waals surface area contributed by atoms with Gasteiger partial charge in [0.1, 0.15) is 0 Å². The highest BCUT2D eigenvalue weighted by molar-refractivity contribution is 5.37. The first-order valence-corrected chi connectivity index (χ1v) is 6.87. The van der Waals surface area contributed by atoms with Crippen molar-refractivity contribution >= 4 is 0 Å². The molecule has 0 aromatic heterocycles. The molecule has 0 bridgehead atoms. The van der Waals surface area contributed by atoms with E-state index in [0.29, 0.717) is 5.92 Å². The van der Waals surface area contributed by atoms with E-state index in [0.717, 1.165) is 12.8 Å². The predicted octanol–water partition coefficient (Wildman–Crippen LogP) is 4.96. The minimum atomic E-state index is 0.593. The molecule has 18 heavy (non-hydrogen) atoms. The molecule has 0 amide bonds. The summed E-state index contributed by atoms with van der Waals surface area (Å²) < 4.78 is 0. The summed E-state index contributed by atoms with van der Waals surface area (Å²) >= 11 is 0. The third kappa shape index (κ3) is 2.81. The van der Waals surface area contributed by atoms with Gasteiger partial charge in [0.05, 0.1) is 0 Å². The van der Waals surface area contributed by atoms with Gasteiger partial charge < -0.3 is 0 Å². The summed E-state index contributed by atoms with van der Waals surface area (Å²) in [6.07, 6.45) is 2.17. The molecule has 2 aromatic rings. The SMILES string of the molecule is CCc1ccccc1Cc1ccccc1C(C)C. The van der Waals surface area contributed by atoms with Crippen LogP contribution < -0.4 is 0 Å². The van der Waals surface area contributed by atoms with Crippen molar-refractivity contribution in [1.82, 2.24) is 0 Å². The minimum absolute atomic E-state index is 0.593. The summed E-state index contributed by atoms with van der Waals surface area (Å²) in [7, 11) is 0. The lowest BCUT2D eigenvalue weighted by atomic mass is 9.91. The van der Waals surface area contributed by atoms with Crippen molar-refractivity contribution in [3.05, 3.63) is 70.8 Å². The van der Waals surface area contributed by atoms with E-state index in [4.69, 9.17) is 0 Å². The van der Waals surface area contributed by atoms with E-state index in [2.05, 4.69) is 69.3 Å². The van der Waals surface area contributed by atoms with Gasteiger partial charge in [-0.05, 0) is 41.0 Å². The van der Waals surface area contributed by atoms with Crippen molar-refractivity contribution in [1.29, 1.82) is 0 Å². The Morgan fingerprint density at radius 2 is 1.33 bits per heavy atom. The first-order valence-electron chi connectivity index (χ1n) is 6.87. The second-order valence-corrected chi connectivity index (χ2v) is 5.15. The monoisotopic (exact) mass is 238 g/mol. The molecule has 2 aromatic carbocycles. The Labute approximate surface area is 111 Å². The van der Waals surface area contributed by atoms with Crippen LogP contribution in [0, 0.1) is 0 Å². The molecule has 0 heterocycles. The second kappa shape index (κ2) is 5.86. The fourth-order valence-corrected chi connectivity index (χ4v) is 2.54. The lowest BCUT2D eigenvalue weighted by Crippen LogP contribution is -1.99. The third-order valence-electron chi connectivity index (χ3n) is 3.56. The highest BCUT2D eigenvalue weighted by Gasteiger charge is 2.08. The van der Waals surface area contributed by atoms with Gasteiger partial charge in [-0.1, -0.05) is 69.3 Å². The van der Waals surface area contributed by atoms with Crippen molar-refractivity contribution in [2.45, 2.75) is 39.5 Å². The van der Waals surface area contributed by atoms with Gasteiger partial charge in [-0.15, -0.1) is 0 Å². The molecule has 0 radical (unpaired) electrons. The summed E-state index contributed by atoms with van der Waals surface area (Å²) in [5, 5.41) is 0. The molecule has 94 valence electrons. The van der Waals surface area contributed by atoms with Crippen molar-refractivity contribution in [2.24, 2.45) is 0 Å². The Bertz CT molecular complexity index is 509. The molecule has 0 aliphatic heterocycles. The highest BCUT2D eigenvalue weighted by Crippen LogP contribution is 2.23. The second-order valence-electron chi connectivity index (χ2n) is 5.15. The van der Waals surface area contributed by atoms with Gasteiger partial charge in [0, 0.05) is 0 Å². The summed E-state index contributed by atoms with van der Waals surface area (Å²) in [6.45, 7) is 6.77. The first kappa shape index (κ1) is 12.9. The smallest absolute Gasteiger partial charge is 0.00202 e. The molecule has 0 aliphatic rings. The Balaban J connectivity index is 2.34. The minimum Gasteiger partial charge on any atom is -0.0620 e. The van der Waals surface area contributed by atoms with Crippen LogP contribution in [0.4, 0.5) is 0 Å². The molecule has 0 unspecified atom stereocenters. The molecule has 0 fully saturated rings. The van der Waals surface area contributed by atoms with Crippen LogP contribution in [-0.4, -0.2) is 0 Å². The molecule has 0 saturated heterocycles. The van der Waals surface area contributed by atoms with Crippen molar-refractivity contribution < 1.29 is 0 Å².